The highest BCUT2D eigenvalue weighted by Crippen LogP contribution is 2.10. The van der Waals surface area contributed by atoms with Gasteiger partial charge < -0.3 is 5.32 Å². The Kier molecular flexibility index (Phi) is 4.48. The van der Waals surface area contributed by atoms with Crippen molar-refractivity contribution in [1.82, 2.24) is 15.1 Å². The Bertz CT molecular complexity index is 690. The van der Waals surface area contributed by atoms with E-state index in [9.17, 15) is 0 Å². The summed E-state index contributed by atoms with van der Waals surface area (Å²) in [5, 5.41) is 7.98. The van der Waals surface area contributed by atoms with Gasteiger partial charge in [0.25, 0.3) is 0 Å². The van der Waals surface area contributed by atoms with Crippen LogP contribution < -0.4 is 5.32 Å². The van der Waals surface area contributed by atoms with E-state index in [4.69, 9.17) is 0 Å². The number of hydrogen-bond donors (Lipinski definition) is 1. The summed E-state index contributed by atoms with van der Waals surface area (Å²) in [4.78, 5) is 0. The number of benzene rings is 2. The summed E-state index contributed by atoms with van der Waals surface area (Å²) in [5.41, 5.74) is 3.38. The molecule has 0 saturated carbocycles. The Labute approximate surface area is 132 Å². The fourth-order valence-corrected chi connectivity index (χ4v) is 2.38. The molecule has 0 atom stereocenters. The quantitative estimate of drug-likeness (QED) is 0.762. The fourth-order valence-electron chi connectivity index (χ4n) is 2.12. The average Bonchev–Trinajstić information content (AvgIpc) is 2.99. The van der Waals surface area contributed by atoms with Crippen LogP contribution in [0.25, 0.3) is 5.69 Å². The third kappa shape index (κ3) is 3.80. The van der Waals surface area contributed by atoms with E-state index in [0.29, 0.717) is 0 Å². The molecule has 3 aromatic rings. The van der Waals surface area contributed by atoms with E-state index in [2.05, 4.69) is 50.6 Å². The first-order valence-corrected chi connectivity index (χ1v) is 7.66. The SMILES string of the molecule is Brc1ccc(CNCc2ccn(-c3ccccc3)n2)cc1. The largest absolute Gasteiger partial charge is 0.307 e. The van der Waals surface area contributed by atoms with Gasteiger partial charge in [-0.2, -0.15) is 5.10 Å². The summed E-state index contributed by atoms with van der Waals surface area (Å²) in [6.45, 7) is 1.60. The van der Waals surface area contributed by atoms with Crippen molar-refractivity contribution in [3.8, 4) is 5.69 Å². The maximum Gasteiger partial charge on any atom is 0.0766 e. The first-order valence-electron chi connectivity index (χ1n) is 6.86. The van der Waals surface area contributed by atoms with E-state index in [1.807, 2.05) is 47.3 Å². The highest BCUT2D eigenvalue weighted by atomic mass is 79.9. The van der Waals surface area contributed by atoms with Crippen molar-refractivity contribution in [3.05, 3.63) is 82.6 Å². The summed E-state index contributed by atoms with van der Waals surface area (Å²) < 4.78 is 3.00. The second-order valence-electron chi connectivity index (χ2n) is 4.82. The van der Waals surface area contributed by atoms with Crippen LogP contribution >= 0.6 is 15.9 Å². The lowest BCUT2D eigenvalue weighted by Crippen LogP contribution is -2.13. The van der Waals surface area contributed by atoms with Crippen LogP contribution in [0, 0.1) is 0 Å². The second-order valence-corrected chi connectivity index (χ2v) is 5.73. The van der Waals surface area contributed by atoms with Crippen LogP contribution in [-0.4, -0.2) is 9.78 Å². The van der Waals surface area contributed by atoms with E-state index in [-0.39, 0.29) is 0 Å². The van der Waals surface area contributed by atoms with Gasteiger partial charge in [0.05, 0.1) is 11.4 Å². The zero-order chi connectivity index (χ0) is 14.5. The van der Waals surface area contributed by atoms with Crippen molar-refractivity contribution in [2.45, 2.75) is 13.1 Å². The fraction of sp³-hybridized carbons (Fsp3) is 0.118. The van der Waals surface area contributed by atoms with E-state index in [1.54, 1.807) is 0 Å². The molecule has 4 heteroatoms. The third-order valence-corrected chi connectivity index (χ3v) is 3.74. The number of halogens is 1. The molecular weight excluding hydrogens is 326 g/mol. The van der Waals surface area contributed by atoms with Gasteiger partial charge in [-0.15, -0.1) is 0 Å². The molecule has 0 amide bonds. The van der Waals surface area contributed by atoms with E-state index < -0.39 is 0 Å². The van der Waals surface area contributed by atoms with Crippen molar-refractivity contribution in [2.24, 2.45) is 0 Å². The van der Waals surface area contributed by atoms with Gasteiger partial charge in [0.1, 0.15) is 0 Å². The third-order valence-electron chi connectivity index (χ3n) is 3.21. The van der Waals surface area contributed by atoms with Crippen molar-refractivity contribution in [3.63, 3.8) is 0 Å². The number of nitrogens with one attached hydrogen (secondary N) is 1. The van der Waals surface area contributed by atoms with E-state index in [0.717, 1.165) is 28.9 Å². The average molecular weight is 342 g/mol. The maximum absolute atomic E-state index is 4.57. The maximum atomic E-state index is 4.57. The van der Waals surface area contributed by atoms with Crippen molar-refractivity contribution in [2.75, 3.05) is 0 Å². The van der Waals surface area contributed by atoms with Crippen LogP contribution in [0.2, 0.25) is 0 Å². The number of para-hydroxylation sites is 1. The first-order chi connectivity index (χ1) is 10.3. The zero-order valence-corrected chi connectivity index (χ0v) is 13.1. The molecular formula is C17H16BrN3. The Balaban J connectivity index is 1.57. The predicted molar refractivity (Wildman–Crippen MR) is 88.2 cm³/mol. The Hall–Kier alpha value is -1.91. The van der Waals surface area contributed by atoms with Gasteiger partial charge in [-0.1, -0.05) is 46.3 Å². The normalized spacial score (nSPS) is 10.7. The van der Waals surface area contributed by atoms with Gasteiger partial charge >= 0.3 is 0 Å². The molecule has 1 N–H and O–H groups in total. The van der Waals surface area contributed by atoms with E-state index >= 15 is 0 Å². The predicted octanol–water partition coefficient (Wildman–Crippen LogP) is 3.92. The molecule has 0 radical (unpaired) electrons. The number of nitrogens with zero attached hydrogens (tertiary/aromatic N) is 2. The molecule has 0 fully saturated rings. The van der Waals surface area contributed by atoms with Crippen molar-refractivity contribution in [1.29, 1.82) is 0 Å². The van der Waals surface area contributed by atoms with Gasteiger partial charge in [-0.05, 0) is 35.9 Å². The Morgan fingerprint density at radius 3 is 2.43 bits per heavy atom. The molecule has 1 aromatic heterocycles. The van der Waals surface area contributed by atoms with Crippen LogP contribution in [0.15, 0.2) is 71.3 Å². The first kappa shape index (κ1) is 14.0. The minimum Gasteiger partial charge on any atom is -0.307 e. The lowest BCUT2D eigenvalue weighted by atomic mass is 10.2. The standard InChI is InChI=1S/C17H16BrN3/c18-15-8-6-14(7-9-15)12-19-13-16-10-11-21(20-16)17-4-2-1-3-5-17/h1-11,19H,12-13H2. The molecule has 3 nitrogen and oxygen atoms in total. The zero-order valence-electron chi connectivity index (χ0n) is 11.5. The van der Waals surface area contributed by atoms with Crippen LogP contribution in [0.5, 0.6) is 0 Å². The summed E-state index contributed by atoms with van der Waals surface area (Å²) in [6, 6.07) is 20.5. The molecule has 0 spiro atoms. The van der Waals surface area contributed by atoms with Crippen molar-refractivity contribution >= 4 is 15.9 Å². The highest BCUT2D eigenvalue weighted by Gasteiger charge is 2.00. The lowest BCUT2D eigenvalue weighted by molar-refractivity contribution is 0.669. The molecule has 0 unspecified atom stereocenters. The van der Waals surface area contributed by atoms with Gasteiger partial charge in [-0.25, -0.2) is 4.68 Å². The summed E-state index contributed by atoms with van der Waals surface area (Å²) >= 11 is 3.44. The molecule has 0 bridgehead atoms. The topological polar surface area (TPSA) is 29.9 Å². The van der Waals surface area contributed by atoms with Crippen LogP contribution in [-0.2, 0) is 13.1 Å². The lowest BCUT2D eigenvalue weighted by Gasteiger charge is -2.03. The second kappa shape index (κ2) is 6.70. The monoisotopic (exact) mass is 341 g/mol. The number of hydrogen-bond acceptors (Lipinski definition) is 2. The summed E-state index contributed by atoms with van der Waals surface area (Å²) in [7, 11) is 0. The summed E-state index contributed by atoms with van der Waals surface area (Å²) in [6.07, 6.45) is 1.99. The highest BCUT2D eigenvalue weighted by molar-refractivity contribution is 9.10. The van der Waals surface area contributed by atoms with Crippen LogP contribution in [0.4, 0.5) is 0 Å². The number of aromatic nitrogens is 2. The minimum atomic E-state index is 0.760. The van der Waals surface area contributed by atoms with Crippen LogP contribution in [0.3, 0.4) is 0 Å². The molecule has 0 saturated heterocycles. The molecule has 1 heterocycles. The molecule has 2 aromatic carbocycles. The van der Waals surface area contributed by atoms with Crippen LogP contribution in [0.1, 0.15) is 11.3 Å². The van der Waals surface area contributed by atoms with Gasteiger partial charge in [0, 0.05) is 23.8 Å². The molecule has 106 valence electrons. The van der Waals surface area contributed by atoms with Crippen molar-refractivity contribution < 1.29 is 0 Å². The van der Waals surface area contributed by atoms with E-state index in [1.165, 1.54) is 5.56 Å². The van der Waals surface area contributed by atoms with Gasteiger partial charge in [0.2, 0.25) is 0 Å². The van der Waals surface area contributed by atoms with Gasteiger partial charge in [-0.3, -0.25) is 0 Å². The Morgan fingerprint density at radius 1 is 0.905 bits per heavy atom. The molecule has 0 aliphatic heterocycles. The summed E-state index contributed by atoms with van der Waals surface area (Å²) in [5.74, 6) is 0. The smallest absolute Gasteiger partial charge is 0.0766 e. The molecule has 0 aliphatic rings. The Morgan fingerprint density at radius 2 is 1.67 bits per heavy atom. The minimum absolute atomic E-state index is 0.760. The molecule has 0 aliphatic carbocycles. The molecule has 3 rings (SSSR count). The number of rotatable bonds is 5. The molecule has 21 heavy (non-hydrogen) atoms. The van der Waals surface area contributed by atoms with Gasteiger partial charge in [0.15, 0.2) is 0 Å².